The second-order valence-corrected chi connectivity index (χ2v) is 8.61. The zero-order valence-electron chi connectivity index (χ0n) is 13.6. The fourth-order valence-corrected chi connectivity index (χ4v) is 5.32. The molecule has 3 aliphatic carbocycles. The third-order valence-electron chi connectivity index (χ3n) is 6.57. The molecule has 0 aromatic carbocycles. The number of nitrogens with one attached hydrogen (secondary N) is 1. The SMILES string of the molecule is CC1Cc2c(nc3c(Br)cnn3c2NC2CCC2)C12CCCC2. The minimum atomic E-state index is 0.316. The summed E-state index contributed by atoms with van der Waals surface area (Å²) < 4.78 is 3.03. The Morgan fingerprint density at radius 3 is 2.74 bits per heavy atom. The topological polar surface area (TPSA) is 42.2 Å². The maximum absolute atomic E-state index is 5.13. The lowest BCUT2D eigenvalue weighted by atomic mass is 9.76. The molecule has 1 unspecified atom stereocenters. The predicted octanol–water partition coefficient (Wildman–Crippen LogP) is 4.46. The highest BCUT2D eigenvalue weighted by molar-refractivity contribution is 9.10. The van der Waals surface area contributed by atoms with Crippen LogP contribution in [0.25, 0.3) is 5.65 Å². The Labute approximate surface area is 145 Å². The van der Waals surface area contributed by atoms with E-state index in [0.717, 1.165) is 16.5 Å². The number of anilines is 1. The molecule has 0 saturated heterocycles. The van der Waals surface area contributed by atoms with Gasteiger partial charge in [-0.3, -0.25) is 0 Å². The number of fused-ring (bicyclic) bond motifs is 3. The molecule has 2 aromatic heterocycles. The van der Waals surface area contributed by atoms with Crippen LogP contribution in [0.2, 0.25) is 0 Å². The first-order valence-electron chi connectivity index (χ1n) is 9.02. The van der Waals surface area contributed by atoms with E-state index in [4.69, 9.17) is 4.98 Å². The number of aromatic nitrogens is 3. The Morgan fingerprint density at radius 2 is 2.04 bits per heavy atom. The lowest BCUT2D eigenvalue weighted by Gasteiger charge is -2.30. The number of hydrogen-bond acceptors (Lipinski definition) is 3. The van der Waals surface area contributed by atoms with Gasteiger partial charge in [-0.1, -0.05) is 19.8 Å². The number of halogens is 1. The van der Waals surface area contributed by atoms with Gasteiger partial charge < -0.3 is 5.32 Å². The van der Waals surface area contributed by atoms with Crippen molar-refractivity contribution in [1.29, 1.82) is 0 Å². The third-order valence-corrected chi connectivity index (χ3v) is 7.13. The van der Waals surface area contributed by atoms with E-state index in [2.05, 4.69) is 33.3 Å². The van der Waals surface area contributed by atoms with Gasteiger partial charge in [0, 0.05) is 17.0 Å². The summed E-state index contributed by atoms with van der Waals surface area (Å²) in [5, 5.41) is 8.39. The zero-order valence-corrected chi connectivity index (χ0v) is 15.2. The molecule has 2 saturated carbocycles. The van der Waals surface area contributed by atoms with Crippen molar-refractivity contribution in [2.75, 3.05) is 5.32 Å². The van der Waals surface area contributed by atoms with Crippen molar-refractivity contribution in [2.24, 2.45) is 5.92 Å². The Morgan fingerprint density at radius 1 is 1.26 bits per heavy atom. The number of nitrogens with zero attached hydrogens (tertiary/aromatic N) is 3. The molecule has 0 amide bonds. The van der Waals surface area contributed by atoms with Crippen LogP contribution in [0, 0.1) is 5.92 Å². The molecule has 3 aliphatic rings. The second-order valence-electron chi connectivity index (χ2n) is 7.76. The molecule has 0 radical (unpaired) electrons. The van der Waals surface area contributed by atoms with Crippen molar-refractivity contribution in [3.8, 4) is 0 Å². The molecule has 1 atom stereocenters. The van der Waals surface area contributed by atoms with Gasteiger partial charge in [0.15, 0.2) is 5.65 Å². The van der Waals surface area contributed by atoms with Crippen molar-refractivity contribution < 1.29 is 0 Å². The van der Waals surface area contributed by atoms with E-state index >= 15 is 0 Å². The van der Waals surface area contributed by atoms with E-state index in [-0.39, 0.29) is 0 Å². The molecule has 23 heavy (non-hydrogen) atoms. The molecule has 2 aromatic rings. The van der Waals surface area contributed by atoms with Crippen molar-refractivity contribution in [1.82, 2.24) is 14.6 Å². The standard InChI is InChI=1S/C18H23BrN4/c1-11-9-13-15(18(11)7-2-3-8-18)22-17-14(19)10-20-23(17)16(13)21-12-5-4-6-12/h10-12,21H,2-9H2,1H3. The Kier molecular flexibility index (Phi) is 3.07. The highest BCUT2D eigenvalue weighted by Crippen LogP contribution is 2.54. The molecule has 5 rings (SSSR count). The summed E-state index contributed by atoms with van der Waals surface area (Å²) >= 11 is 3.65. The highest BCUT2D eigenvalue weighted by atomic mass is 79.9. The van der Waals surface area contributed by atoms with Gasteiger partial charge >= 0.3 is 0 Å². The van der Waals surface area contributed by atoms with Gasteiger partial charge in [0.25, 0.3) is 0 Å². The molecular weight excluding hydrogens is 352 g/mol. The monoisotopic (exact) mass is 374 g/mol. The Bertz CT molecular complexity index is 771. The van der Waals surface area contributed by atoms with Gasteiger partial charge in [-0.25, -0.2) is 4.98 Å². The molecule has 122 valence electrons. The van der Waals surface area contributed by atoms with Gasteiger partial charge in [0.2, 0.25) is 0 Å². The summed E-state index contributed by atoms with van der Waals surface area (Å²) in [6, 6.07) is 0.614. The van der Waals surface area contributed by atoms with Crippen LogP contribution in [0.5, 0.6) is 0 Å². The zero-order chi connectivity index (χ0) is 15.6. The van der Waals surface area contributed by atoms with Crippen LogP contribution in [-0.2, 0) is 11.8 Å². The molecule has 4 nitrogen and oxygen atoms in total. The first kappa shape index (κ1) is 14.3. The summed E-state index contributed by atoms with van der Waals surface area (Å²) in [5.41, 5.74) is 4.11. The van der Waals surface area contributed by atoms with E-state index in [1.807, 2.05) is 10.7 Å². The maximum Gasteiger partial charge on any atom is 0.171 e. The summed E-state index contributed by atoms with van der Waals surface area (Å²) in [5.74, 6) is 1.91. The van der Waals surface area contributed by atoms with Crippen LogP contribution in [0.1, 0.15) is 63.1 Å². The minimum Gasteiger partial charge on any atom is -0.367 e. The van der Waals surface area contributed by atoms with Crippen LogP contribution in [0.3, 0.4) is 0 Å². The Balaban J connectivity index is 1.73. The van der Waals surface area contributed by atoms with Crippen molar-refractivity contribution in [3.63, 3.8) is 0 Å². The van der Waals surface area contributed by atoms with E-state index in [1.54, 1.807) is 0 Å². The van der Waals surface area contributed by atoms with Gasteiger partial charge in [-0.05, 0) is 60.4 Å². The van der Waals surface area contributed by atoms with Crippen molar-refractivity contribution in [2.45, 2.75) is 69.7 Å². The number of hydrogen-bond donors (Lipinski definition) is 1. The summed E-state index contributed by atoms with van der Waals surface area (Å²) in [6.07, 6.45) is 12.2. The van der Waals surface area contributed by atoms with E-state index in [1.165, 1.54) is 62.0 Å². The summed E-state index contributed by atoms with van der Waals surface area (Å²) in [6.45, 7) is 2.43. The summed E-state index contributed by atoms with van der Waals surface area (Å²) in [4.78, 5) is 5.13. The normalized spacial score (nSPS) is 25.9. The lowest BCUT2D eigenvalue weighted by molar-refractivity contribution is 0.316. The largest absolute Gasteiger partial charge is 0.367 e. The average Bonchev–Trinajstić information content (AvgIpc) is 3.17. The van der Waals surface area contributed by atoms with Crippen molar-refractivity contribution in [3.05, 3.63) is 21.9 Å². The van der Waals surface area contributed by atoms with E-state index in [9.17, 15) is 0 Å². The average molecular weight is 375 g/mol. The molecule has 2 fully saturated rings. The smallest absolute Gasteiger partial charge is 0.171 e. The van der Waals surface area contributed by atoms with Gasteiger partial charge in [-0.2, -0.15) is 9.61 Å². The van der Waals surface area contributed by atoms with Crippen molar-refractivity contribution >= 4 is 27.4 Å². The quantitative estimate of drug-likeness (QED) is 0.843. The molecule has 1 spiro atoms. The summed E-state index contributed by atoms with van der Waals surface area (Å²) in [7, 11) is 0. The maximum atomic E-state index is 5.13. The van der Waals surface area contributed by atoms with Gasteiger partial charge in [0.1, 0.15) is 5.82 Å². The first-order chi connectivity index (χ1) is 11.2. The molecule has 1 N–H and O–H groups in total. The second kappa shape index (κ2) is 4.95. The minimum absolute atomic E-state index is 0.316. The highest BCUT2D eigenvalue weighted by Gasteiger charge is 2.49. The van der Waals surface area contributed by atoms with E-state index in [0.29, 0.717) is 17.4 Å². The molecule has 5 heteroatoms. The number of rotatable bonds is 2. The van der Waals surface area contributed by atoms with E-state index < -0.39 is 0 Å². The fourth-order valence-electron chi connectivity index (χ4n) is 4.97. The van der Waals surface area contributed by atoms with Crippen LogP contribution < -0.4 is 5.32 Å². The predicted molar refractivity (Wildman–Crippen MR) is 95.0 cm³/mol. The molecule has 0 bridgehead atoms. The Hall–Kier alpha value is -1.10. The van der Waals surface area contributed by atoms with Gasteiger partial charge in [0.05, 0.1) is 16.4 Å². The lowest BCUT2D eigenvalue weighted by Crippen LogP contribution is -2.30. The first-order valence-corrected chi connectivity index (χ1v) is 9.81. The van der Waals surface area contributed by atoms with Crippen LogP contribution >= 0.6 is 15.9 Å². The fraction of sp³-hybridized carbons (Fsp3) is 0.667. The molecule has 2 heterocycles. The van der Waals surface area contributed by atoms with Gasteiger partial charge in [-0.15, -0.1) is 0 Å². The molecule has 0 aliphatic heterocycles. The van der Waals surface area contributed by atoms with Crippen LogP contribution in [0.4, 0.5) is 5.82 Å². The van der Waals surface area contributed by atoms with Crippen LogP contribution in [-0.4, -0.2) is 20.6 Å². The third kappa shape index (κ3) is 1.89. The molecular formula is C18H23BrN4. The van der Waals surface area contributed by atoms with Crippen LogP contribution in [0.15, 0.2) is 10.7 Å².